The van der Waals surface area contributed by atoms with E-state index in [4.69, 9.17) is 17.0 Å². The molecule has 23 heavy (non-hydrogen) atoms. The van der Waals surface area contributed by atoms with Gasteiger partial charge < -0.3 is 15.0 Å². The van der Waals surface area contributed by atoms with Crippen LogP contribution in [0.15, 0.2) is 42.7 Å². The summed E-state index contributed by atoms with van der Waals surface area (Å²) in [6.45, 7) is 2.38. The summed E-state index contributed by atoms with van der Waals surface area (Å²) in [5, 5.41) is 8.45. The Morgan fingerprint density at radius 1 is 1.43 bits per heavy atom. The highest BCUT2D eigenvalue weighted by Gasteiger charge is 2.16. The van der Waals surface area contributed by atoms with Crippen LogP contribution in [0.2, 0.25) is 0 Å². The molecule has 1 aromatic heterocycles. The van der Waals surface area contributed by atoms with Crippen LogP contribution in [0.4, 0.5) is 0 Å². The molecule has 0 saturated carbocycles. The molecule has 1 aromatic carbocycles. The first-order valence-electron chi connectivity index (χ1n) is 7.92. The van der Waals surface area contributed by atoms with Gasteiger partial charge in [0.2, 0.25) is 0 Å². The van der Waals surface area contributed by atoms with E-state index in [0.717, 1.165) is 48.9 Å². The first-order valence-corrected chi connectivity index (χ1v) is 8.33. The number of nitrogens with zero attached hydrogens (tertiary/aromatic N) is 3. The van der Waals surface area contributed by atoms with Crippen molar-refractivity contribution in [2.45, 2.75) is 25.5 Å². The van der Waals surface area contributed by atoms with Crippen LogP contribution >= 0.6 is 12.2 Å². The van der Waals surface area contributed by atoms with E-state index in [1.54, 1.807) is 0 Å². The van der Waals surface area contributed by atoms with Gasteiger partial charge in [-0.05, 0) is 37.2 Å². The molecule has 6 heteroatoms. The lowest BCUT2D eigenvalue weighted by molar-refractivity contribution is 0.113. The third-order valence-corrected chi connectivity index (χ3v) is 4.38. The molecule has 5 nitrogen and oxygen atoms in total. The molecule has 1 aliphatic rings. The van der Waals surface area contributed by atoms with Gasteiger partial charge in [0.15, 0.2) is 5.11 Å². The number of para-hydroxylation sites is 1. The van der Waals surface area contributed by atoms with Crippen molar-refractivity contribution in [3.8, 4) is 5.69 Å². The summed E-state index contributed by atoms with van der Waals surface area (Å²) < 4.78 is 7.48. The fraction of sp³-hybridized carbons (Fsp3) is 0.412. The molecule has 1 fully saturated rings. The van der Waals surface area contributed by atoms with Gasteiger partial charge in [-0.25, -0.2) is 4.68 Å². The highest BCUT2D eigenvalue weighted by molar-refractivity contribution is 7.80. The standard InChI is InChI=1S/C17H22N4OS/c1-20(17(23)18-11-16-8-5-9-22-16)12-14-10-19-21(13-14)15-6-3-2-4-7-15/h2-4,6-7,10,13,16H,5,8-9,11-12H2,1H3,(H,18,23)/t16-/m1/s1. The van der Waals surface area contributed by atoms with Crippen molar-refractivity contribution in [2.24, 2.45) is 0 Å². The maximum Gasteiger partial charge on any atom is 0.169 e. The molecule has 0 unspecified atom stereocenters. The molecule has 0 bridgehead atoms. The van der Waals surface area contributed by atoms with Gasteiger partial charge >= 0.3 is 0 Å². The lowest BCUT2D eigenvalue weighted by atomic mass is 10.2. The summed E-state index contributed by atoms with van der Waals surface area (Å²) >= 11 is 5.44. The fourth-order valence-electron chi connectivity index (χ4n) is 2.65. The smallest absolute Gasteiger partial charge is 0.169 e. The van der Waals surface area contributed by atoms with Crippen LogP contribution in [-0.4, -0.2) is 46.1 Å². The average Bonchev–Trinajstić information content (AvgIpc) is 3.25. The second-order valence-electron chi connectivity index (χ2n) is 5.81. The van der Waals surface area contributed by atoms with Crippen molar-refractivity contribution in [1.82, 2.24) is 20.0 Å². The lowest BCUT2D eigenvalue weighted by Gasteiger charge is -2.21. The second-order valence-corrected chi connectivity index (χ2v) is 6.19. The molecule has 1 N–H and O–H groups in total. The van der Waals surface area contributed by atoms with Crippen molar-refractivity contribution in [1.29, 1.82) is 0 Å². The van der Waals surface area contributed by atoms with E-state index in [2.05, 4.69) is 10.4 Å². The number of thiocarbonyl (C=S) groups is 1. The van der Waals surface area contributed by atoms with E-state index in [1.165, 1.54) is 0 Å². The van der Waals surface area contributed by atoms with Gasteiger partial charge in [-0.15, -0.1) is 0 Å². The number of aromatic nitrogens is 2. The molecule has 0 spiro atoms. The van der Waals surface area contributed by atoms with Crippen LogP contribution in [0, 0.1) is 0 Å². The van der Waals surface area contributed by atoms with Gasteiger partial charge in [0, 0.05) is 38.5 Å². The number of hydrogen-bond acceptors (Lipinski definition) is 3. The van der Waals surface area contributed by atoms with Crippen molar-refractivity contribution >= 4 is 17.3 Å². The molecule has 0 aliphatic carbocycles. The van der Waals surface area contributed by atoms with Gasteiger partial charge in [0.1, 0.15) is 0 Å². The molecular formula is C17H22N4OS. The summed E-state index contributed by atoms with van der Waals surface area (Å²) in [7, 11) is 1.99. The molecule has 1 saturated heterocycles. The summed E-state index contributed by atoms with van der Waals surface area (Å²) in [5.41, 5.74) is 2.18. The second kappa shape index (κ2) is 7.57. The first kappa shape index (κ1) is 16.0. The molecule has 0 radical (unpaired) electrons. The van der Waals surface area contributed by atoms with E-state index in [-0.39, 0.29) is 0 Å². The Morgan fingerprint density at radius 3 is 3.00 bits per heavy atom. The largest absolute Gasteiger partial charge is 0.376 e. The Kier molecular flexibility index (Phi) is 5.25. The maximum absolute atomic E-state index is 5.60. The zero-order valence-electron chi connectivity index (χ0n) is 13.3. The van der Waals surface area contributed by atoms with Gasteiger partial charge in [-0.3, -0.25) is 0 Å². The van der Waals surface area contributed by atoms with Crippen LogP contribution in [0.5, 0.6) is 0 Å². The lowest BCUT2D eigenvalue weighted by Crippen LogP contribution is -2.40. The Hall–Kier alpha value is -1.92. The Balaban J connectivity index is 1.52. The van der Waals surface area contributed by atoms with Gasteiger partial charge in [0.05, 0.1) is 18.0 Å². The summed E-state index contributed by atoms with van der Waals surface area (Å²) in [4.78, 5) is 2.02. The molecular weight excluding hydrogens is 308 g/mol. The number of benzene rings is 1. The van der Waals surface area contributed by atoms with Crippen molar-refractivity contribution in [3.63, 3.8) is 0 Å². The molecule has 3 rings (SSSR count). The Bertz CT molecular complexity index is 637. The zero-order chi connectivity index (χ0) is 16.1. The fourth-order valence-corrected chi connectivity index (χ4v) is 2.80. The molecule has 1 aliphatic heterocycles. The highest BCUT2D eigenvalue weighted by atomic mass is 32.1. The minimum Gasteiger partial charge on any atom is -0.376 e. The zero-order valence-corrected chi connectivity index (χ0v) is 14.1. The topological polar surface area (TPSA) is 42.3 Å². The van der Waals surface area contributed by atoms with E-state index in [1.807, 2.05) is 59.4 Å². The molecule has 2 heterocycles. The van der Waals surface area contributed by atoms with Crippen LogP contribution in [-0.2, 0) is 11.3 Å². The van der Waals surface area contributed by atoms with E-state index in [9.17, 15) is 0 Å². The monoisotopic (exact) mass is 330 g/mol. The maximum atomic E-state index is 5.60. The SMILES string of the molecule is CN(Cc1cnn(-c2ccccc2)c1)C(=S)NC[C@H]1CCCO1. The van der Waals surface area contributed by atoms with Crippen LogP contribution in [0.3, 0.4) is 0 Å². The number of hydrogen-bond donors (Lipinski definition) is 1. The Morgan fingerprint density at radius 2 is 2.26 bits per heavy atom. The van der Waals surface area contributed by atoms with Crippen LogP contribution in [0.1, 0.15) is 18.4 Å². The third-order valence-electron chi connectivity index (χ3n) is 3.93. The van der Waals surface area contributed by atoms with Crippen molar-refractivity contribution < 1.29 is 4.74 Å². The summed E-state index contributed by atoms with van der Waals surface area (Å²) in [5.74, 6) is 0. The van der Waals surface area contributed by atoms with Crippen molar-refractivity contribution in [3.05, 3.63) is 48.3 Å². The summed E-state index contributed by atoms with van der Waals surface area (Å²) in [6.07, 6.45) is 6.47. The van der Waals surface area contributed by atoms with Crippen LogP contribution in [0.25, 0.3) is 5.69 Å². The number of ether oxygens (including phenoxy) is 1. The number of nitrogens with one attached hydrogen (secondary N) is 1. The molecule has 0 amide bonds. The molecule has 2 aromatic rings. The quantitative estimate of drug-likeness (QED) is 0.853. The van der Waals surface area contributed by atoms with E-state index in [0.29, 0.717) is 6.10 Å². The van der Waals surface area contributed by atoms with E-state index < -0.39 is 0 Å². The van der Waals surface area contributed by atoms with Gasteiger partial charge in [-0.2, -0.15) is 5.10 Å². The minimum absolute atomic E-state index is 0.294. The van der Waals surface area contributed by atoms with Gasteiger partial charge in [0.25, 0.3) is 0 Å². The van der Waals surface area contributed by atoms with Crippen molar-refractivity contribution in [2.75, 3.05) is 20.2 Å². The van der Waals surface area contributed by atoms with Crippen LogP contribution < -0.4 is 5.32 Å². The summed E-state index contributed by atoms with van der Waals surface area (Å²) in [6, 6.07) is 10.1. The first-order chi connectivity index (χ1) is 11.2. The normalized spacial score (nSPS) is 17.2. The molecule has 122 valence electrons. The van der Waals surface area contributed by atoms with E-state index >= 15 is 0 Å². The Labute approximate surface area is 142 Å². The average molecular weight is 330 g/mol. The highest BCUT2D eigenvalue weighted by Crippen LogP contribution is 2.11. The third kappa shape index (κ3) is 4.30. The van der Waals surface area contributed by atoms with Gasteiger partial charge in [-0.1, -0.05) is 18.2 Å². The predicted octanol–water partition coefficient (Wildman–Crippen LogP) is 2.36. The minimum atomic E-state index is 0.294. The molecule has 1 atom stereocenters. The predicted molar refractivity (Wildman–Crippen MR) is 94.6 cm³/mol. The number of rotatable bonds is 5.